The summed E-state index contributed by atoms with van der Waals surface area (Å²) in [5.41, 5.74) is 1.15. The van der Waals surface area contributed by atoms with Crippen molar-refractivity contribution < 1.29 is 29.0 Å². The molecule has 158 valence electrons. The fourth-order valence-electron chi connectivity index (χ4n) is 2.88. The SMILES string of the molecule is CC(C)(C)OC(=O)NCCCNC(=O)c1ccc2c(c1)NC(=O)C(CC(=O)O)C2. The molecule has 1 unspecified atom stereocenters. The Bertz CT molecular complexity index is 800. The third-order valence-electron chi connectivity index (χ3n) is 4.20. The van der Waals surface area contributed by atoms with Gasteiger partial charge in [-0.05, 0) is 51.3 Å². The summed E-state index contributed by atoms with van der Waals surface area (Å²) in [4.78, 5) is 46.7. The number of carbonyl (C=O) groups is 4. The molecule has 0 saturated carbocycles. The lowest BCUT2D eigenvalue weighted by Crippen LogP contribution is -2.34. The van der Waals surface area contributed by atoms with Crippen LogP contribution in [0.4, 0.5) is 10.5 Å². The molecule has 9 nitrogen and oxygen atoms in total. The van der Waals surface area contributed by atoms with E-state index >= 15 is 0 Å². The van der Waals surface area contributed by atoms with Gasteiger partial charge in [0.05, 0.1) is 12.3 Å². The standard InChI is InChI=1S/C20H27N3O6/c1-20(2,3)29-19(28)22-8-4-7-21-17(26)13-6-5-12-9-14(11-16(24)25)18(27)23-15(12)10-13/h5-6,10,14H,4,7-9,11H2,1-3H3,(H,21,26)(H,22,28)(H,23,27)(H,24,25). The first kappa shape index (κ1) is 22.2. The number of rotatable bonds is 7. The van der Waals surface area contributed by atoms with Gasteiger partial charge in [0.15, 0.2) is 0 Å². The van der Waals surface area contributed by atoms with Crippen LogP contribution in [0.2, 0.25) is 0 Å². The first-order chi connectivity index (χ1) is 13.5. The molecule has 1 heterocycles. The minimum atomic E-state index is -1.02. The van der Waals surface area contributed by atoms with E-state index < -0.39 is 23.6 Å². The van der Waals surface area contributed by atoms with Gasteiger partial charge in [-0.2, -0.15) is 0 Å². The Labute approximate surface area is 169 Å². The molecule has 2 rings (SSSR count). The number of carboxylic acids is 1. The van der Waals surface area contributed by atoms with Crippen molar-refractivity contribution in [3.05, 3.63) is 29.3 Å². The molecule has 4 N–H and O–H groups in total. The van der Waals surface area contributed by atoms with Gasteiger partial charge in [0.2, 0.25) is 5.91 Å². The first-order valence-electron chi connectivity index (χ1n) is 9.46. The number of hydrogen-bond acceptors (Lipinski definition) is 5. The fourth-order valence-corrected chi connectivity index (χ4v) is 2.88. The number of nitrogens with one attached hydrogen (secondary N) is 3. The summed E-state index contributed by atoms with van der Waals surface area (Å²) in [6, 6.07) is 4.95. The zero-order valence-corrected chi connectivity index (χ0v) is 16.8. The number of benzene rings is 1. The number of alkyl carbamates (subject to hydrolysis) is 1. The van der Waals surface area contributed by atoms with Crippen LogP contribution in [0.15, 0.2) is 18.2 Å². The second-order valence-corrected chi connectivity index (χ2v) is 7.90. The van der Waals surface area contributed by atoms with E-state index in [9.17, 15) is 19.2 Å². The number of fused-ring (bicyclic) bond motifs is 1. The van der Waals surface area contributed by atoms with E-state index in [4.69, 9.17) is 9.84 Å². The molecule has 3 amide bonds. The van der Waals surface area contributed by atoms with E-state index in [1.807, 2.05) is 0 Å². The van der Waals surface area contributed by atoms with Crippen molar-refractivity contribution in [3.8, 4) is 0 Å². The van der Waals surface area contributed by atoms with Crippen molar-refractivity contribution in [3.63, 3.8) is 0 Å². The van der Waals surface area contributed by atoms with E-state index in [-0.39, 0.29) is 18.2 Å². The highest BCUT2D eigenvalue weighted by molar-refractivity contribution is 6.00. The van der Waals surface area contributed by atoms with Crippen molar-refractivity contribution in [1.82, 2.24) is 10.6 Å². The Hall–Kier alpha value is -3.10. The van der Waals surface area contributed by atoms with Gasteiger partial charge in [-0.25, -0.2) is 4.79 Å². The van der Waals surface area contributed by atoms with Crippen molar-refractivity contribution in [2.75, 3.05) is 18.4 Å². The summed E-state index contributed by atoms with van der Waals surface area (Å²) in [5.74, 6) is -2.29. The highest BCUT2D eigenvalue weighted by Crippen LogP contribution is 2.28. The van der Waals surface area contributed by atoms with Crippen LogP contribution in [-0.2, 0) is 20.7 Å². The molecule has 0 aromatic heterocycles. The largest absolute Gasteiger partial charge is 0.481 e. The fraction of sp³-hybridized carbons (Fsp3) is 0.500. The van der Waals surface area contributed by atoms with Crippen molar-refractivity contribution in [2.24, 2.45) is 5.92 Å². The normalized spacial score (nSPS) is 15.7. The average molecular weight is 405 g/mol. The van der Waals surface area contributed by atoms with Crippen LogP contribution in [0.5, 0.6) is 0 Å². The number of hydrogen-bond donors (Lipinski definition) is 4. The Balaban J connectivity index is 1.81. The molecular weight excluding hydrogens is 378 g/mol. The van der Waals surface area contributed by atoms with E-state index in [1.54, 1.807) is 39.0 Å². The molecule has 1 aromatic carbocycles. The van der Waals surface area contributed by atoms with Crippen LogP contribution >= 0.6 is 0 Å². The van der Waals surface area contributed by atoms with Crippen molar-refractivity contribution in [1.29, 1.82) is 0 Å². The van der Waals surface area contributed by atoms with Gasteiger partial charge >= 0.3 is 12.1 Å². The van der Waals surface area contributed by atoms with Crippen LogP contribution in [0.1, 0.15) is 49.5 Å². The Morgan fingerprint density at radius 1 is 1.21 bits per heavy atom. The number of amides is 3. The Morgan fingerprint density at radius 2 is 1.90 bits per heavy atom. The minimum Gasteiger partial charge on any atom is -0.481 e. The third kappa shape index (κ3) is 7.10. The zero-order valence-electron chi connectivity index (χ0n) is 16.8. The molecule has 1 aromatic rings. The van der Waals surface area contributed by atoms with Crippen molar-refractivity contribution in [2.45, 2.75) is 45.6 Å². The third-order valence-corrected chi connectivity index (χ3v) is 4.20. The van der Waals surface area contributed by atoms with E-state index in [1.165, 1.54) is 0 Å². The lowest BCUT2D eigenvalue weighted by Gasteiger charge is -2.24. The molecule has 0 bridgehead atoms. The van der Waals surface area contributed by atoms with Crippen LogP contribution in [0.3, 0.4) is 0 Å². The molecule has 0 radical (unpaired) electrons. The molecule has 1 aliphatic heterocycles. The predicted octanol–water partition coefficient (Wildman–Crippen LogP) is 1.92. The highest BCUT2D eigenvalue weighted by atomic mass is 16.6. The zero-order chi connectivity index (χ0) is 21.6. The van der Waals surface area contributed by atoms with Crippen LogP contribution in [0.25, 0.3) is 0 Å². The molecular formula is C20H27N3O6. The molecule has 1 aliphatic rings. The minimum absolute atomic E-state index is 0.231. The van der Waals surface area contributed by atoms with Crippen LogP contribution in [-0.4, -0.2) is 47.7 Å². The van der Waals surface area contributed by atoms with Gasteiger partial charge < -0.3 is 25.8 Å². The van der Waals surface area contributed by atoms with E-state index in [0.717, 1.165) is 5.56 Å². The molecule has 0 spiro atoms. The molecule has 29 heavy (non-hydrogen) atoms. The topological polar surface area (TPSA) is 134 Å². The van der Waals surface area contributed by atoms with Gasteiger partial charge in [0.25, 0.3) is 5.91 Å². The number of ether oxygens (including phenoxy) is 1. The summed E-state index contributed by atoms with van der Waals surface area (Å²) in [6.07, 6.45) is 0.121. The molecule has 0 aliphatic carbocycles. The lowest BCUT2D eigenvalue weighted by molar-refractivity contribution is -0.140. The summed E-state index contributed by atoms with van der Waals surface area (Å²) in [5, 5.41) is 16.9. The maximum atomic E-state index is 12.3. The molecule has 0 fully saturated rings. The highest BCUT2D eigenvalue weighted by Gasteiger charge is 2.28. The Morgan fingerprint density at radius 3 is 2.55 bits per heavy atom. The van der Waals surface area contributed by atoms with Crippen LogP contribution < -0.4 is 16.0 Å². The van der Waals surface area contributed by atoms with Gasteiger partial charge in [-0.15, -0.1) is 0 Å². The lowest BCUT2D eigenvalue weighted by atomic mass is 9.90. The number of anilines is 1. The Kier molecular flexibility index (Phi) is 7.19. The summed E-state index contributed by atoms with van der Waals surface area (Å²) < 4.78 is 5.12. The van der Waals surface area contributed by atoms with Gasteiger partial charge in [0.1, 0.15) is 5.60 Å². The van der Waals surface area contributed by atoms with Gasteiger partial charge in [-0.1, -0.05) is 6.07 Å². The average Bonchev–Trinajstić information content (AvgIpc) is 2.59. The maximum Gasteiger partial charge on any atom is 0.407 e. The quantitative estimate of drug-likeness (QED) is 0.512. The smallest absolute Gasteiger partial charge is 0.407 e. The second kappa shape index (κ2) is 9.40. The molecule has 1 atom stereocenters. The number of carboxylic acid groups (broad SMARTS) is 1. The van der Waals surface area contributed by atoms with Crippen molar-refractivity contribution >= 4 is 29.6 Å². The second-order valence-electron chi connectivity index (χ2n) is 7.90. The molecule has 0 saturated heterocycles. The predicted molar refractivity (Wildman–Crippen MR) is 106 cm³/mol. The summed E-state index contributed by atoms with van der Waals surface area (Å²) >= 11 is 0. The van der Waals surface area contributed by atoms with E-state index in [2.05, 4.69) is 16.0 Å². The van der Waals surface area contributed by atoms with Crippen LogP contribution in [0, 0.1) is 5.92 Å². The summed E-state index contributed by atoms with van der Waals surface area (Å²) in [6.45, 7) is 6.06. The first-order valence-corrected chi connectivity index (χ1v) is 9.46. The maximum absolute atomic E-state index is 12.3. The van der Waals surface area contributed by atoms with Gasteiger partial charge in [0, 0.05) is 24.3 Å². The summed E-state index contributed by atoms with van der Waals surface area (Å²) in [7, 11) is 0. The van der Waals surface area contributed by atoms with E-state index in [0.29, 0.717) is 37.2 Å². The monoisotopic (exact) mass is 405 g/mol. The number of aliphatic carboxylic acids is 1. The molecule has 9 heteroatoms. The number of carbonyl (C=O) groups excluding carboxylic acids is 3. The van der Waals surface area contributed by atoms with Gasteiger partial charge in [-0.3, -0.25) is 14.4 Å².